The fraction of sp³-hybridized carbons (Fsp3) is 0.364. The maximum atomic E-state index is 13.3. The standard InChI is InChI=1S/C22H24F2N4O2/c1-29-16-11-15(12-17(13-16)30-2)25-14-7-9-28(10-8-14)22-18-5-3-4-6-19(18)26-21(27-22)20(23)24/h3-6,11-14,20,25H,7-10H2,1-2H3. The van der Waals surface area contributed by atoms with E-state index >= 15 is 0 Å². The SMILES string of the molecule is COc1cc(NC2CCN(c3nc(C(F)F)nc4ccccc34)CC2)cc(OC)c1. The summed E-state index contributed by atoms with van der Waals surface area (Å²) in [5.41, 5.74) is 1.47. The number of hydrogen-bond donors (Lipinski definition) is 1. The van der Waals surface area contributed by atoms with Crippen LogP contribution >= 0.6 is 0 Å². The van der Waals surface area contributed by atoms with Gasteiger partial charge in [0.05, 0.1) is 19.7 Å². The number of benzene rings is 2. The molecule has 0 saturated carbocycles. The van der Waals surface area contributed by atoms with Crippen molar-refractivity contribution < 1.29 is 18.3 Å². The van der Waals surface area contributed by atoms with Gasteiger partial charge in [-0.15, -0.1) is 0 Å². The predicted octanol–water partition coefficient (Wildman–Crippen LogP) is 4.67. The summed E-state index contributed by atoms with van der Waals surface area (Å²) in [5, 5.41) is 4.33. The zero-order valence-electron chi connectivity index (χ0n) is 16.9. The van der Waals surface area contributed by atoms with Gasteiger partial charge < -0.3 is 19.7 Å². The van der Waals surface area contributed by atoms with Gasteiger partial charge in [-0.1, -0.05) is 12.1 Å². The smallest absolute Gasteiger partial charge is 0.297 e. The molecule has 1 aromatic heterocycles. The van der Waals surface area contributed by atoms with Gasteiger partial charge in [0.1, 0.15) is 17.3 Å². The Morgan fingerprint density at radius 2 is 1.67 bits per heavy atom. The van der Waals surface area contributed by atoms with E-state index < -0.39 is 12.2 Å². The zero-order chi connectivity index (χ0) is 21.1. The van der Waals surface area contributed by atoms with Crippen LogP contribution in [0.5, 0.6) is 11.5 Å². The molecule has 0 radical (unpaired) electrons. The molecule has 30 heavy (non-hydrogen) atoms. The number of methoxy groups -OCH3 is 2. The van der Waals surface area contributed by atoms with Gasteiger partial charge >= 0.3 is 0 Å². The summed E-state index contributed by atoms with van der Waals surface area (Å²) < 4.78 is 37.3. The van der Waals surface area contributed by atoms with Crippen LogP contribution in [0.15, 0.2) is 42.5 Å². The highest BCUT2D eigenvalue weighted by molar-refractivity contribution is 5.89. The molecule has 0 spiro atoms. The van der Waals surface area contributed by atoms with E-state index in [1.54, 1.807) is 26.4 Å². The quantitative estimate of drug-likeness (QED) is 0.633. The topological polar surface area (TPSA) is 59.5 Å². The highest BCUT2D eigenvalue weighted by Gasteiger charge is 2.24. The molecule has 0 unspecified atom stereocenters. The van der Waals surface area contributed by atoms with Crippen LogP contribution < -0.4 is 19.7 Å². The zero-order valence-corrected chi connectivity index (χ0v) is 16.9. The molecule has 2 aromatic carbocycles. The third-order valence-electron chi connectivity index (χ3n) is 5.31. The van der Waals surface area contributed by atoms with Crippen molar-refractivity contribution in [3.63, 3.8) is 0 Å². The average Bonchev–Trinajstić information content (AvgIpc) is 2.78. The number of aromatic nitrogens is 2. The number of para-hydroxylation sites is 1. The number of nitrogens with zero attached hydrogens (tertiary/aromatic N) is 3. The summed E-state index contributed by atoms with van der Waals surface area (Å²) in [6, 6.07) is 13.2. The van der Waals surface area contributed by atoms with Crippen molar-refractivity contribution in [3.8, 4) is 11.5 Å². The van der Waals surface area contributed by atoms with Crippen molar-refractivity contribution in [2.75, 3.05) is 37.5 Å². The van der Waals surface area contributed by atoms with Crippen molar-refractivity contribution in [2.45, 2.75) is 25.3 Å². The Balaban J connectivity index is 1.50. The lowest BCUT2D eigenvalue weighted by molar-refractivity contribution is 0.141. The Hall–Kier alpha value is -3.16. The number of hydrogen-bond acceptors (Lipinski definition) is 6. The average molecular weight is 414 g/mol. The highest BCUT2D eigenvalue weighted by Crippen LogP contribution is 2.31. The molecule has 0 bridgehead atoms. The summed E-state index contributed by atoms with van der Waals surface area (Å²) in [4.78, 5) is 10.3. The van der Waals surface area contributed by atoms with E-state index in [2.05, 4.69) is 20.2 Å². The highest BCUT2D eigenvalue weighted by atomic mass is 19.3. The molecule has 4 rings (SSSR count). The van der Waals surface area contributed by atoms with Crippen LogP contribution in [0.1, 0.15) is 25.1 Å². The second kappa shape index (κ2) is 8.69. The molecular formula is C22H24F2N4O2. The Labute approximate surface area is 173 Å². The maximum Gasteiger partial charge on any atom is 0.297 e. The lowest BCUT2D eigenvalue weighted by atomic mass is 10.0. The van der Waals surface area contributed by atoms with Crippen molar-refractivity contribution in [1.29, 1.82) is 0 Å². The van der Waals surface area contributed by atoms with Crippen molar-refractivity contribution in [1.82, 2.24) is 9.97 Å². The minimum absolute atomic E-state index is 0.251. The second-order valence-electron chi connectivity index (χ2n) is 7.23. The Bertz CT molecular complexity index is 1000. The van der Waals surface area contributed by atoms with Gasteiger partial charge in [0.15, 0.2) is 5.82 Å². The lowest BCUT2D eigenvalue weighted by Gasteiger charge is -2.34. The molecule has 6 nitrogen and oxygen atoms in total. The molecular weight excluding hydrogens is 390 g/mol. The number of piperidine rings is 1. The van der Waals surface area contributed by atoms with Gasteiger partial charge in [0.2, 0.25) is 0 Å². The number of fused-ring (bicyclic) bond motifs is 1. The molecule has 1 aliphatic heterocycles. The van der Waals surface area contributed by atoms with Crippen LogP contribution in [0, 0.1) is 0 Å². The summed E-state index contributed by atoms with van der Waals surface area (Å²) in [5.74, 6) is 1.60. The monoisotopic (exact) mass is 414 g/mol. The first kappa shape index (κ1) is 20.1. The third-order valence-corrected chi connectivity index (χ3v) is 5.31. The number of nitrogens with one attached hydrogen (secondary N) is 1. The number of rotatable bonds is 6. The van der Waals surface area contributed by atoms with Crippen LogP contribution in [0.3, 0.4) is 0 Å². The number of alkyl halides is 2. The van der Waals surface area contributed by atoms with E-state index in [1.165, 1.54) is 0 Å². The maximum absolute atomic E-state index is 13.3. The molecule has 3 aromatic rings. The van der Waals surface area contributed by atoms with Crippen molar-refractivity contribution in [2.24, 2.45) is 0 Å². The van der Waals surface area contributed by atoms with Gasteiger partial charge in [-0.05, 0) is 25.0 Å². The van der Waals surface area contributed by atoms with E-state index in [0.717, 1.165) is 35.4 Å². The fourth-order valence-corrected chi connectivity index (χ4v) is 3.78. The van der Waals surface area contributed by atoms with E-state index in [4.69, 9.17) is 9.47 Å². The summed E-state index contributed by atoms with van der Waals surface area (Å²) in [6.07, 6.45) is -1.00. The number of anilines is 2. The second-order valence-corrected chi connectivity index (χ2v) is 7.23. The first-order chi connectivity index (χ1) is 14.6. The van der Waals surface area contributed by atoms with Crippen LogP contribution in [0.25, 0.3) is 10.9 Å². The molecule has 0 atom stereocenters. The van der Waals surface area contributed by atoms with E-state index in [0.29, 0.717) is 24.4 Å². The third kappa shape index (κ3) is 4.22. The predicted molar refractivity (Wildman–Crippen MR) is 113 cm³/mol. The van der Waals surface area contributed by atoms with Crippen LogP contribution in [0.4, 0.5) is 20.3 Å². The van der Waals surface area contributed by atoms with Crippen LogP contribution in [-0.2, 0) is 0 Å². The largest absolute Gasteiger partial charge is 0.497 e. The Morgan fingerprint density at radius 1 is 1.00 bits per heavy atom. The molecule has 0 amide bonds. The molecule has 1 N–H and O–H groups in total. The van der Waals surface area contributed by atoms with Crippen LogP contribution in [-0.4, -0.2) is 43.3 Å². The Morgan fingerprint density at radius 3 is 2.30 bits per heavy atom. The van der Waals surface area contributed by atoms with Crippen molar-refractivity contribution >= 4 is 22.4 Å². The molecule has 158 valence electrons. The van der Waals surface area contributed by atoms with Gasteiger partial charge in [-0.3, -0.25) is 0 Å². The van der Waals surface area contributed by atoms with E-state index in [-0.39, 0.29) is 6.04 Å². The minimum atomic E-state index is -2.70. The fourth-order valence-electron chi connectivity index (χ4n) is 3.78. The molecule has 0 aliphatic carbocycles. The molecule has 2 heterocycles. The summed E-state index contributed by atoms with van der Waals surface area (Å²) >= 11 is 0. The van der Waals surface area contributed by atoms with Crippen molar-refractivity contribution in [3.05, 3.63) is 48.3 Å². The van der Waals surface area contributed by atoms with Crippen LogP contribution in [0.2, 0.25) is 0 Å². The Kier molecular flexibility index (Phi) is 5.83. The molecule has 1 fully saturated rings. The molecule has 8 heteroatoms. The van der Waals surface area contributed by atoms with Gasteiger partial charge in [-0.25, -0.2) is 18.7 Å². The van der Waals surface area contributed by atoms with Gasteiger partial charge in [0, 0.05) is 48.4 Å². The molecule has 1 aliphatic rings. The van der Waals surface area contributed by atoms with Gasteiger partial charge in [0.25, 0.3) is 6.43 Å². The number of ether oxygens (including phenoxy) is 2. The normalized spacial score (nSPS) is 14.9. The number of halogens is 2. The first-order valence-electron chi connectivity index (χ1n) is 9.86. The van der Waals surface area contributed by atoms with Gasteiger partial charge in [-0.2, -0.15) is 0 Å². The summed E-state index contributed by atoms with van der Waals surface area (Å²) in [6.45, 7) is 1.42. The first-order valence-corrected chi connectivity index (χ1v) is 9.86. The lowest BCUT2D eigenvalue weighted by Crippen LogP contribution is -2.39. The summed E-state index contributed by atoms with van der Waals surface area (Å²) in [7, 11) is 3.24. The minimum Gasteiger partial charge on any atom is -0.497 e. The molecule has 1 saturated heterocycles. The van der Waals surface area contributed by atoms with E-state index in [9.17, 15) is 8.78 Å². The van der Waals surface area contributed by atoms with E-state index in [1.807, 2.05) is 30.3 Å².